The van der Waals surface area contributed by atoms with Gasteiger partial charge in [-0.3, -0.25) is 0 Å². The van der Waals surface area contributed by atoms with Crippen LogP contribution in [0.1, 0.15) is 63.1 Å². The summed E-state index contributed by atoms with van der Waals surface area (Å²) in [5.41, 5.74) is 2.70. The van der Waals surface area contributed by atoms with Crippen molar-refractivity contribution in [1.82, 2.24) is 5.32 Å². The SMILES string of the molecule is CCCCCCCOCC(NC)c1ccc(CC)cc1. The summed E-state index contributed by atoms with van der Waals surface area (Å²) >= 11 is 0. The molecule has 0 aliphatic heterocycles. The van der Waals surface area contributed by atoms with Crippen molar-refractivity contribution in [1.29, 1.82) is 0 Å². The Balaban J connectivity index is 2.24. The van der Waals surface area contributed by atoms with Gasteiger partial charge in [0, 0.05) is 6.61 Å². The van der Waals surface area contributed by atoms with Gasteiger partial charge in [-0.05, 0) is 31.0 Å². The molecule has 0 saturated carbocycles. The second-order valence-corrected chi connectivity index (χ2v) is 5.43. The third-order valence-corrected chi connectivity index (χ3v) is 3.82. The summed E-state index contributed by atoms with van der Waals surface area (Å²) in [6.45, 7) is 6.08. The lowest BCUT2D eigenvalue weighted by Crippen LogP contribution is -2.22. The standard InChI is InChI=1S/C18H31NO/c1-4-6-7-8-9-14-20-15-18(19-3)17-12-10-16(5-2)11-13-17/h10-13,18-19H,4-9,14-15H2,1-3H3. The predicted octanol–water partition coefficient (Wildman–Crippen LogP) is 4.50. The van der Waals surface area contributed by atoms with Crippen molar-refractivity contribution >= 4 is 0 Å². The second kappa shape index (κ2) is 10.9. The average molecular weight is 277 g/mol. The molecule has 0 bridgehead atoms. The lowest BCUT2D eigenvalue weighted by molar-refractivity contribution is 0.110. The summed E-state index contributed by atoms with van der Waals surface area (Å²) in [4.78, 5) is 0. The van der Waals surface area contributed by atoms with Gasteiger partial charge in [0.1, 0.15) is 0 Å². The van der Waals surface area contributed by atoms with Gasteiger partial charge < -0.3 is 10.1 Å². The van der Waals surface area contributed by atoms with E-state index in [9.17, 15) is 0 Å². The van der Waals surface area contributed by atoms with E-state index in [1.165, 1.54) is 43.2 Å². The first-order valence-corrected chi connectivity index (χ1v) is 8.15. The van der Waals surface area contributed by atoms with E-state index in [1.807, 2.05) is 7.05 Å². The lowest BCUT2D eigenvalue weighted by Gasteiger charge is -2.17. The smallest absolute Gasteiger partial charge is 0.0661 e. The number of aryl methyl sites for hydroxylation is 1. The van der Waals surface area contributed by atoms with Crippen LogP contribution in [-0.2, 0) is 11.2 Å². The van der Waals surface area contributed by atoms with Crippen LogP contribution in [0.5, 0.6) is 0 Å². The Morgan fingerprint density at radius 2 is 1.70 bits per heavy atom. The molecule has 114 valence electrons. The number of rotatable bonds is 11. The number of likely N-dealkylation sites (N-methyl/N-ethyl adjacent to an activating group) is 1. The molecule has 0 radical (unpaired) electrons. The van der Waals surface area contributed by atoms with E-state index in [-0.39, 0.29) is 0 Å². The molecule has 0 aromatic heterocycles. The van der Waals surface area contributed by atoms with Gasteiger partial charge in [0.25, 0.3) is 0 Å². The first-order chi connectivity index (χ1) is 9.81. The average Bonchev–Trinajstić information content (AvgIpc) is 2.50. The topological polar surface area (TPSA) is 21.3 Å². The van der Waals surface area contributed by atoms with Crippen molar-refractivity contribution in [2.75, 3.05) is 20.3 Å². The Morgan fingerprint density at radius 3 is 2.30 bits per heavy atom. The molecule has 1 aromatic carbocycles. The van der Waals surface area contributed by atoms with Crippen molar-refractivity contribution < 1.29 is 4.74 Å². The maximum Gasteiger partial charge on any atom is 0.0661 e. The second-order valence-electron chi connectivity index (χ2n) is 5.43. The summed E-state index contributed by atoms with van der Waals surface area (Å²) in [5, 5.41) is 3.34. The van der Waals surface area contributed by atoms with Crippen LogP contribution >= 0.6 is 0 Å². The van der Waals surface area contributed by atoms with Crippen LogP contribution in [0, 0.1) is 0 Å². The predicted molar refractivity (Wildman–Crippen MR) is 87.2 cm³/mol. The maximum atomic E-state index is 5.82. The first-order valence-electron chi connectivity index (χ1n) is 8.15. The van der Waals surface area contributed by atoms with Crippen LogP contribution in [0.3, 0.4) is 0 Å². The van der Waals surface area contributed by atoms with E-state index in [4.69, 9.17) is 4.74 Å². The number of hydrogen-bond acceptors (Lipinski definition) is 2. The molecular weight excluding hydrogens is 246 g/mol. The van der Waals surface area contributed by atoms with Crippen molar-refractivity contribution in [3.05, 3.63) is 35.4 Å². The number of hydrogen-bond donors (Lipinski definition) is 1. The summed E-state index contributed by atoms with van der Waals surface area (Å²) in [6.07, 6.45) is 7.57. The van der Waals surface area contributed by atoms with E-state index < -0.39 is 0 Å². The quantitative estimate of drug-likeness (QED) is 0.601. The third-order valence-electron chi connectivity index (χ3n) is 3.82. The molecule has 2 heteroatoms. The van der Waals surface area contributed by atoms with Gasteiger partial charge in [0.2, 0.25) is 0 Å². The van der Waals surface area contributed by atoms with Crippen LogP contribution in [0.15, 0.2) is 24.3 Å². The van der Waals surface area contributed by atoms with Crippen LogP contribution in [-0.4, -0.2) is 20.3 Å². The fourth-order valence-electron chi connectivity index (χ4n) is 2.34. The molecule has 2 nitrogen and oxygen atoms in total. The minimum absolute atomic E-state index is 0.302. The van der Waals surface area contributed by atoms with Crippen molar-refractivity contribution in [2.24, 2.45) is 0 Å². The zero-order valence-corrected chi connectivity index (χ0v) is 13.5. The normalized spacial score (nSPS) is 12.6. The van der Waals surface area contributed by atoms with E-state index >= 15 is 0 Å². The number of benzene rings is 1. The van der Waals surface area contributed by atoms with Crippen molar-refractivity contribution in [3.63, 3.8) is 0 Å². The molecule has 0 saturated heterocycles. The zero-order valence-electron chi connectivity index (χ0n) is 13.5. The minimum Gasteiger partial charge on any atom is -0.379 e. The Hall–Kier alpha value is -0.860. The van der Waals surface area contributed by atoms with Gasteiger partial charge in [0.15, 0.2) is 0 Å². The van der Waals surface area contributed by atoms with Gasteiger partial charge >= 0.3 is 0 Å². The van der Waals surface area contributed by atoms with Crippen LogP contribution in [0.4, 0.5) is 0 Å². The summed E-state index contributed by atoms with van der Waals surface area (Å²) < 4.78 is 5.82. The van der Waals surface area contributed by atoms with E-state index in [0.29, 0.717) is 6.04 Å². The molecule has 20 heavy (non-hydrogen) atoms. The zero-order chi connectivity index (χ0) is 14.6. The molecule has 1 rings (SSSR count). The minimum atomic E-state index is 0.302. The van der Waals surface area contributed by atoms with Crippen LogP contribution in [0.25, 0.3) is 0 Å². The highest BCUT2D eigenvalue weighted by Crippen LogP contribution is 2.15. The maximum absolute atomic E-state index is 5.82. The van der Waals surface area contributed by atoms with Crippen molar-refractivity contribution in [3.8, 4) is 0 Å². The highest BCUT2D eigenvalue weighted by atomic mass is 16.5. The van der Waals surface area contributed by atoms with Crippen LogP contribution in [0.2, 0.25) is 0 Å². The van der Waals surface area contributed by atoms with E-state index in [0.717, 1.165) is 19.6 Å². The third kappa shape index (κ3) is 6.53. The molecule has 0 spiro atoms. The fourth-order valence-corrected chi connectivity index (χ4v) is 2.34. The fraction of sp³-hybridized carbons (Fsp3) is 0.667. The summed E-state index contributed by atoms with van der Waals surface area (Å²) in [6, 6.07) is 9.15. The Morgan fingerprint density at radius 1 is 1.00 bits per heavy atom. The van der Waals surface area contributed by atoms with Crippen molar-refractivity contribution in [2.45, 2.75) is 58.4 Å². The molecule has 0 fully saturated rings. The molecule has 1 N–H and O–H groups in total. The highest BCUT2D eigenvalue weighted by molar-refractivity contribution is 5.25. The molecule has 0 heterocycles. The number of unbranched alkanes of at least 4 members (excludes halogenated alkanes) is 4. The Kier molecular flexibility index (Phi) is 9.35. The Labute approximate surface area is 124 Å². The molecule has 0 aliphatic rings. The summed E-state index contributed by atoms with van der Waals surface area (Å²) in [7, 11) is 2.00. The monoisotopic (exact) mass is 277 g/mol. The van der Waals surface area contributed by atoms with Gasteiger partial charge in [-0.1, -0.05) is 63.8 Å². The van der Waals surface area contributed by atoms with Crippen LogP contribution < -0.4 is 5.32 Å². The molecule has 1 atom stereocenters. The van der Waals surface area contributed by atoms with Gasteiger partial charge in [-0.25, -0.2) is 0 Å². The van der Waals surface area contributed by atoms with E-state index in [1.54, 1.807) is 0 Å². The van der Waals surface area contributed by atoms with Gasteiger partial charge in [-0.2, -0.15) is 0 Å². The van der Waals surface area contributed by atoms with Gasteiger partial charge in [-0.15, -0.1) is 0 Å². The number of nitrogens with one attached hydrogen (secondary N) is 1. The Bertz CT molecular complexity index is 334. The first kappa shape index (κ1) is 17.2. The molecular formula is C18H31NO. The molecule has 1 unspecified atom stereocenters. The summed E-state index contributed by atoms with van der Waals surface area (Å²) in [5.74, 6) is 0. The largest absolute Gasteiger partial charge is 0.379 e. The molecule has 0 amide bonds. The lowest BCUT2D eigenvalue weighted by atomic mass is 10.0. The molecule has 1 aromatic rings. The van der Waals surface area contributed by atoms with Gasteiger partial charge in [0.05, 0.1) is 12.6 Å². The molecule has 0 aliphatic carbocycles. The highest BCUT2D eigenvalue weighted by Gasteiger charge is 2.08. The van der Waals surface area contributed by atoms with E-state index in [2.05, 4.69) is 43.4 Å². The number of ether oxygens (including phenoxy) is 1.